The van der Waals surface area contributed by atoms with E-state index in [1.54, 1.807) is 0 Å². The van der Waals surface area contributed by atoms with Crippen LogP contribution in [0.25, 0.3) is 11.1 Å². The van der Waals surface area contributed by atoms with E-state index in [9.17, 15) is 4.79 Å². The normalized spacial score (nSPS) is 20.7. The molecule has 9 heteroatoms. The molecular weight excluding hydrogens is 490 g/mol. The zero-order valence-electron chi connectivity index (χ0n) is 19.3. The van der Waals surface area contributed by atoms with E-state index in [-0.39, 0.29) is 58.9 Å². The van der Waals surface area contributed by atoms with Gasteiger partial charge in [-0.05, 0) is 37.1 Å². The SMILES string of the molecule is NC(=O)c1ccc(OCCO)c(F)c1-c1c(Cl)c(F)cc2c1CC(c1ccccc1)(C1CCCN1)O2. The molecule has 2 atom stereocenters. The van der Waals surface area contributed by atoms with Gasteiger partial charge in [0.15, 0.2) is 17.2 Å². The Morgan fingerprint density at radius 3 is 2.67 bits per heavy atom. The van der Waals surface area contributed by atoms with Gasteiger partial charge in [-0.3, -0.25) is 4.79 Å². The van der Waals surface area contributed by atoms with Crippen LogP contribution >= 0.6 is 11.6 Å². The summed E-state index contributed by atoms with van der Waals surface area (Å²) in [6, 6.07) is 13.3. The third-order valence-electron chi connectivity index (χ3n) is 6.87. The predicted molar refractivity (Wildman–Crippen MR) is 131 cm³/mol. The Morgan fingerprint density at radius 1 is 1.22 bits per heavy atom. The highest BCUT2D eigenvalue weighted by atomic mass is 35.5. The van der Waals surface area contributed by atoms with Crippen LogP contribution in [-0.2, 0) is 12.0 Å². The van der Waals surface area contributed by atoms with Crippen molar-refractivity contribution in [3.63, 3.8) is 0 Å². The second kappa shape index (κ2) is 9.69. The van der Waals surface area contributed by atoms with Gasteiger partial charge in [-0.1, -0.05) is 41.9 Å². The van der Waals surface area contributed by atoms with Gasteiger partial charge in [0.25, 0.3) is 0 Å². The number of benzene rings is 3. The molecule has 1 saturated heterocycles. The highest BCUT2D eigenvalue weighted by Gasteiger charge is 2.50. The molecule has 2 aliphatic rings. The van der Waals surface area contributed by atoms with Crippen LogP contribution < -0.4 is 20.5 Å². The van der Waals surface area contributed by atoms with Gasteiger partial charge < -0.3 is 25.6 Å². The Balaban J connectivity index is 1.74. The Kier molecular flexibility index (Phi) is 6.59. The fraction of sp³-hybridized carbons (Fsp3) is 0.296. The van der Waals surface area contributed by atoms with Gasteiger partial charge in [-0.2, -0.15) is 0 Å². The van der Waals surface area contributed by atoms with Crippen LogP contribution in [-0.4, -0.2) is 36.8 Å². The molecule has 0 bridgehead atoms. The summed E-state index contributed by atoms with van der Waals surface area (Å²) < 4.78 is 42.9. The lowest BCUT2D eigenvalue weighted by atomic mass is 9.80. The first kappa shape index (κ1) is 24.5. The van der Waals surface area contributed by atoms with E-state index in [2.05, 4.69) is 5.32 Å². The smallest absolute Gasteiger partial charge is 0.249 e. The number of amides is 1. The summed E-state index contributed by atoms with van der Waals surface area (Å²) in [5.41, 5.74) is 5.63. The van der Waals surface area contributed by atoms with Crippen LogP contribution in [0.5, 0.6) is 11.5 Å². The molecule has 0 saturated carbocycles. The average Bonchev–Trinajstić information content (AvgIpc) is 3.54. The quantitative estimate of drug-likeness (QED) is 0.436. The predicted octanol–water partition coefficient (Wildman–Crippen LogP) is 4.34. The molecule has 188 valence electrons. The first-order chi connectivity index (χ1) is 17.4. The van der Waals surface area contributed by atoms with Crippen molar-refractivity contribution in [1.29, 1.82) is 0 Å². The second-order valence-corrected chi connectivity index (χ2v) is 9.32. The molecular formula is C27H25ClF2N2O4. The minimum atomic E-state index is -0.925. The third-order valence-corrected chi connectivity index (χ3v) is 7.24. The molecule has 1 amide bonds. The number of nitrogens with one attached hydrogen (secondary N) is 1. The van der Waals surface area contributed by atoms with Crippen LogP contribution in [0.1, 0.15) is 34.3 Å². The first-order valence-corrected chi connectivity index (χ1v) is 12.1. The highest BCUT2D eigenvalue weighted by molar-refractivity contribution is 6.34. The summed E-state index contributed by atoms with van der Waals surface area (Å²) in [5, 5.41) is 12.3. The van der Waals surface area contributed by atoms with Crippen LogP contribution in [0.4, 0.5) is 8.78 Å². The van der Waals surface area contributed by atoms with Gasteiger partial charge in [0.1, 0.15) is 18.2 Å². The summed E-state index contributed by atoms with van der Waals surface area (Å²) in [7, 11) is 0. The molecule has 0 aromatic heterocycles. The molecule has 5 rings (SSSR count). The Labute approximate surface area is 212 Å². The maximum atomic E-state index is 15.9. The molecule has 0 aliphatic carbocycles. The molecule has 2 unspecified atom stereocenters. The number of ether oxygens (including phenoxy) is 2. The first-order valence-electron chi connectivity index (χ1n) is 11.7. The summed E-state index contributed by atoms with van der Waals surface area (Å²) in [6.07, 6.45) is 2.05. The molecule has 3 aromatic carbocycles. The topological polar surface area (TPSA) is 93.8 Å². The maximum absolute atomic E-state index is 15.9. The molecule has 6 nitrogen and oxygen atoms in total. The van der Waals surface area contributed by atoms with Crippen molar-refractivity contribution in [3.05, 3.63) is 81.9 Å². The van der Waals surface area contributed by atoms with E-state index in [1.165, 1.54) is 18.2 Å². The number of carbonyl (C=O) groups excluding carboxylic acids is 1. The minimum absolute atomic E-state index is 0.00298. The standard InChI is InChI=1S/C27H25ClF2N2O4/c28-24-18(29)13-20-17(14-27(36-20,21-7-4-10-32-21)15-5-2-1-3-6-15)22(24)23-16(26(31)34)8-9-19(25(23)30)35-12-11-33/h1-3,5-6,8-9,13,21,32-33H,4,7,10-12,14H2,(H2,31,34). The van der Waals surface area contributed by atoms with Gasteiger partial charge in [0, 0.05) is 29.2 Å². The van der Waals surface area contributed by atoms with Crippen molar-refractivity contribution in [1.82, 2.24) is 5.32 Å². The van der Waals surface area contributed by atoms with E-state index in [4.69, 9.17) is 31.9 Å². The fourth-order valence-corrected chi connectivity index (χ4v) is 5.56. The largest absolute Gasteiger partial charge is 0.488 e. The van der Waals surface area contributed by atoms with E-state index in [0.29, 0.717) is 5.56 Å². The van der Waals surface area contributed by atoms with Crippen LogP contribution in [0.3, 0.4) is 0 Å². The van der Waals surface area contributed by atoms with Gasteiger partial charge in [-0.15, -0.1) is 0 Å². The van der Waals surface area contributed by atoms with E-state index >= 15 is 8.78 Å². The zero-order valence-corrected chi connectivity index (χ0v) is 20.1. The average molecular weight is 515 g/mol. The summed E-state index contributed by atoms with van der Waals surface area (Å²) in [4.78, 5) is 12.3. The number of halogens is 3. The lowest BCUT2D eigenvalue weighted by Crippen LogP contribution is -2.48. The number of hydrogen-bond acceptors (Lipinski definition) is 5. The number of aliphatic hydroxyl groups is 1. The van der Waals surface area contributed by atoms with Gasteiger partial charge >= 0.3 is 0 Å². The van der Waals surface area contributed by atoms with Gasteiger partial charge in [-0.25, -0.2) is 8.78 Å². The van der Waals surface area contributed by atoms with Crippen molar-refractivity contribution < 1.29 is 28.2 Å². The summed E-state index contributed by atoms with van der Waals surface area (Å²) in [5.74, 6) is -2.64. The molecule has 0 radical (unpaired) electrons. The van der Waals surface area contributed by atoms with Crippen molar-refractivity contribution in [2.24, 2.45) is 5.73 Å². The number of nitrogens with two attached hydrogens (primary N) is 1. The van der Waals surface area contributed by atoms with Gasteiger partial charge in [0.05, 0.1) is 23.2 Å². The molecule has 1 fully saturated rings. The van der Waals surface area contributed by atoms with E-state index in [1.807, 2.05) is 30.3 Å². The lowest BCUT2D eigenvalue weighted by molar-refractivity contribution is 0.0539. The monoisotopic (exact) mass is 514 g/mol. The number of fused-ring (bicyclic) bond motifs is 1. The number of primary amides is 1. The van der Waals surface area contributed by atoms with Gasteiger partial charge in [0.2, 0.25) is 5.91 Å². The number of carbonyl (C=O) groups is 1. The van der Waals surface area contributed by atoms with Crippen LogP contribution in [0.2, 0.25) is 5.02 Å². The molecule has 2 aliphatic heterocycles. The molecule has 3 aromatic rings. The molecule has 36 heavy (non-hydrogen) atoms. The third kappa shape index (κ3) is 3.99. The molecule has 4 N–H and O–H groups in total. The molecule has 2 heterocycles. The Morgan fingerprint density at radius 2 is 2.00 bits per heavy atom. The van der Waals surface area contributed by atoms with Crippen molar-refractivity contribution in [2.45, 2.75) is 30.9 Å². The van der Waals surface area contributed by atoms with Crippen LogP contribution in [0, 0.1) is 11.6 Å². The Bertz CT molecular complexity index is 1320. The van der Waals surface area contributed by atoms with Crippen LogP contribution in [0.15, 0.2) is 48.5 Å². The second-order valence-electron chi connectivity index (χ2n) is 8.94. The maximum Gasteiger partial charge on any atom is 0.249 e. The summed E-state index contributed by atoms with van der Waals surface area (Å²) in [6.45, 7) is 0.296. The number of aliphatic hydroxyl groups excluding tert-OH is 1. The van der Waals surface area contributed by atoms with Crippen molar-refractivity contribution in [2.75, 3.05) is 19.8 Å². The number of rotatable bonds is 7. The zero-order chi connectivity index (χ0) is 25.4. The fourth-order valence-electron chi connectivity index (χ4n) is 5.30. The summed E-state index contributed by atoms with van der Waals surface area (Å²) >= 11 is 6.47. The van der Waals surface area contributed by atoms with Crippen molar-refractivity contribution >= 4 is 17.5 Å². The highest BCUT2D eigenvalue weighted by Crippen LogP contribution is 2.52. The lowest BCUT2D eigenvalue weighted by Gasteiger charge is -2.35. The van der Waals surface area contributed by atoms with Crippen molar-refractivity contribution in [3.8, 4) is 22.6 Å². The van der Waals surface area contributed by atoms with E-state index < -0.39 is 23.1 Å². The minimum Gasteiger partial charge on any atom is -0.488 e. The Hall–Kier alpha value is -3.20. The van der Waals surface area contributed by atoms with E-state index in [0.717, 1.165) is 24.9 Å². The molecule has 0 spiro atoms. The number of hydrogen-bond donors (Lipinski definition) is 3.